The van der Waals surface area contributed by atoms with Crippen molar-refractivity contribution < 1.29 is 4.79 Å². The molecule has 0 saturated carbocycles. The predicted octanol–water partition coefficient (Wildman–Crippen LogP) is 1.29. The molecule has 0 bridgehead atoms. The molecular formula is C7H9NO. The Kier molecular flexibility index (Phi) is 3.38. The van der Waals surface area contributed by atoms with Gasteiger partial charge in [0.2, 0.25) is 0 Å². The van der Waals surface area contributed by atoms with Gasteiger partial charge < -0.3 is 0 Å². The van der Waals surface area contributed by atoms with Crippen LogP contribution in [0.3, 0.4) is 0 Å². The van der Waals surface area contributed by atoms with E-state index in [1.807, 2.05) is 13.8 Å². The van der Waals surface area contributed by atoms with E-state index in [0.717, 1.165) is 0 Å². The molecule has 48 valence electrons. The van der Waals surface area contributed by atoms with Crippen molar-refractivity contribution in [1.82, 2.24) is 0 Å². The van der Waals surface area contributed by atoms with Crippen LogP contribution in [0, 0.1) is 17.2 Å². The summed E-state index contributed by atoms with van der Waals surface area (Å²) in [7, 11) is 0. The first-order valence-corrected chi connectivity index (χ1v) is 2.77. The van der Waals surface area contributed by atoms with Gasteiger partial charge in [-0.3, -0.25) is 4.79 Å². The molecule has 2 nitrogen and oxygen atoms in total. The first-order valence-electron chi connectivity index (χ1n) is 2.77. The van der Waals surface area contributed by atoms with Crippen molar-refractivity contribution in [2.24, 2.45) is 5.92 Å². The maximum atomic E-state index is 9.98. The number of nitrogens with zero attached hydrogens (tertiary/aromatic N) is 1. The molecular weight excluding hydrogens is 114 g/mol. The lowest BCUT2D eigenvalue weighted by molar-refractivity contribution is -0.104. The second-order valence-corrected chi connectivity index (χ2v) is 2.10. The van der Waals surface area contributed by atoms with Crippen molar-refractivity contribution in [3.8, 4) is 6.07 Å². The SMILES string of the molecule is CC(C)/C=C(/C#N)C=O. The highest BCUT2D eigenvalue weighted by Gasteiger charge is 1.92. The Hall–Kier alpha value is -1.10. The van der Waals surface area contributed by atoms with Gasteiger partial charge in [0, 0.05) is 0 Å². The zero-order chi connectivity index (χ0) is 7.28. The molecule has 0 N–H and O–H groups in total. The summed E-state index contributed by atoms with van der Waals surface area (Å²) >= 11 is 0. The first-order chi connectivity index (χ1) is 4.20. The minimum Gasteiger partial charge on any atom is -0.297 e. The van der Waals surface area contributed by atoms with Crippen molar-refractivity contribution in [3.05, 3.63) is 11.6 Å². The summed E-state index contributed by atoms with van der Waals surface area (Å²) in [5.74, 6) is 0.268. The van der Waals surface area contributed by atoms with Crippen LogP contribution in [-0.2, 0) is 4.79 Å². The predicted molar refractivity (Wildman–Crippen MR) is 34.6 cm³/mol. The zero-order valence-corrected chi connectivity index (χ0v) is 5.59. The summed E-state index contributed by atoms with van der Waals surface area (Å²) in [6.07, 6.45) is 2.20. The van der Waals surface area contributed by atoms with E-state index >= 15 is 0 Å². The van der Waals surface area contributed by atoms with Gasteiger partial charge in [0.25, 0.3) is 0 Å². The monoisotopic (exact) mass is 123 g/mol. The van der Waals surface area contributed by atoms with E-state index in [0.29, 0.717) is 6.29 Å². The number of rotatable bonds is 2. The van der Waals surface area contributed by atoms with Gasteiger partial charge in [-0.1, -0.05) is 19.9 Å². The average Bonchev–Trinajstić information content (AvgIpc) is 1.82. The Bertz CT molecular complexity index is 162. The number of carbonyl (C=O) groups is 1. The van der Waals surface area contributed by atoms with Gasteiger partial charge in [-0.2, -0.15) is 5.26 Å². The molecule has 9 heavy (non-hydrogen) atoms. The number of allylic oxidation sites excluding steroid dienone is 2. The molecule has 0 heterocycles. The Balaban J connectivity index is 4.12. The second-order valence-electron chi connectivity index (χ2n) is 2.10. The van der Waals surface area contributed by atoms with Gasteiger partial charge in [0.15, 0.2) is 6.29 Å². The molecule has 0 amide bonds. The van der Waals surface area contributed by atoms with Gasteiger partial charge in [0.1, 0.15) is 6.07 Å². The molecule has 0 aliphatic rings. The number of carbonyl (C=O) groups excluding carboxylic acids is 1. The smallest absolute Gasteiger partial charge is 0.160 e. The van der Waals surface area contributed by atoms with Gasteiger partial charge in [0.05, 0.1) is 5.57 Å². The number of nitriles is 1. The highest BCUT2D eigenvalue weighted by atomic mass is 16.1. The lowest BCUT2D eigenvalue weighted by Crippen LogP contribution is -1.84. The van der Waals surface area contributed by atoms with Gasteiger partial charge in [-0.25, -0.2) is 0 Å². The fourth-order valence-electron chi connectivity index (χ4n) is 0.462. The van der Waals surface area contributed by atoms with Crippen molar-refractivity contribution in [2.75, 3.05) is 0 Å². The van der Waals surface area contributed by atoms with Gasteiger partial charge >= 0.3 is 0 Å². The third-order valence-electron chi connectivity index (χ3n) is 0.769. The van der Waals surface area contributed by atoms with Crippen LogP contribution in [0.4, 0.5) is 0 Å². The minimum absolute atomic E-state index is 0.213. The minimum atomic E-state index is 0.213. The van der Waals surface area contributed by atoms with E-state index in [2.05, 4.69) is 0 Å². The third-order valence-corrected chi connectivity index (χ3v) is 0.769. The number of hydrogen-bond donors (Lipinski definition) is 0. The molecule has 0 aliphatic heterocycles. The largest absolute Gasteiger partial charge is 0.297 e. The van der Waals surface area contributed by atoms with Crippen molar-refractivity contribution in [1.29, 1.82) is 5.26 Å². The van der Waals surface area contributed by atoms with Crippen LogP contribution in [0.5, 0.6) is 0 Å². The first kappa shape index (κ1) is 7.90. The quantitative estimate of drug-likeness (QED) is 0.315. The third kappa shape index (κ3) is 3.48. The van der Waals surface area contributed by atoms with E-state index in [9.17, 15) is 4.79 Å². The summed E-state index contributed by atoms with van der Waals surface area (Å²) in [6.45, 7) is 3.84. The fourth-order valence-corrected chi connectivity index (χ4v) is 0.462. The van der Waals surface area contributed by atoms with Gasteiger partial charge in [-0.15, -0.1) is 0 Å². The lowest BCUT2D eigenvalue weighted by atomic mass is 10.1. The van der Waals surface area contributed by atoms with Crippen LogP contribution in [0.25, 0.3) is 0 Å². The highest BCUT2D eigenvalue weighted by molar-refractivity contribution is 5.78. The van der Waals surface area contributed by atoms with Crippen molar-refractivity contribution in [2.45, 2.75) is 13.8 Å². The standard InChI is InChI=1S/C7H9NO/c1-6(2)3-7(4-8)5-9/h3,5-6H,1-2H3/b7-3-. The molecule has 0 saturated heterocycles. The molecule has 2 heteroatoms. The number of aldehydes is 1. The molecule has 0 fully saturated rings. The van der Waals surface area contributed by atoms with Crippen LogP contribution < -0.4 is 0 Å². The molecule has 0 aromatic heterocycles. The van der Waals surface area contributed by atoms with Crippen molar-refractivity contribution >= 4 is 6.29 Å². The average molecular weight is 123 g/mol. The van der Waals surface area contributed by atoms with E-state index in [1.165, 1.54) is 0 Å². The molecule has 0 unspecified atom stereocenters. The Morgan fingerprint density at radius 2 is 2.22 bits per heavy atom. The van der Waals surface area contributed by atoms with Gasteiger partial charge in [-0.05, 0) is 5.92 Å². The summed E-state index contributed by atoms with van der Waals surface area (Å²) in [6, 6.07) is 1.78. The van der Waals surface area contributed by atoms with E-state index in [4.69, 9.17) is 5.26 Å². The van der Waals surface area contributed by atoms with Crippen LogP contribution in [0.2, 0.25) is 0 Å². The Labute approximate surface area is 54.8 Å². The summed E-state index contributed by atoms with van der Waals surface area (Å²) < 4.78 is 0. The summed E-state index contributed by atoms with van der Waals surface area (Å²) in [5, 5.41) is 8.23. The Morgan fingerprint density at radius 3 is 2.33 bits per heavy atom. The fraction of sp³-hybridized carbons (Fsp3) is 0.429. The van der Waals surface area contributed by atoms with Crippen LogP contribution in [-0.4, -0.2) is 6.29 Å². The lowest BCUT2D eigenvalue weighted by Gasteiger charge is -1.90. The maximum Gasteiger partial charge on any atom is 0.160 e. The van der Waals surface area contributed by atoms with Crippen LogP contribution in [0.15, 0.2) is 11.6 Å². The molecule has 0 aromatic rings. The van der Waals surface area contributed by atoms with Crippen LogP contribution >= 0.6 is 0 Å². The molecule has 0 spiro atoms. The molecule has 0 radical (unpaired) electrons. The normalized spacial score (nSPS) is 11.1. The van der Waals surface area contributed by atoms with Crippen molar-refractivity contribution in [3.63, 3.8) is 0 Å². The highest BCUT2D eigenvalue weighted by Crippen LogP contribution is 1.97. The van der Waals surface area contributed by atoms with E-state index in [1.54, 1.807) is 12.1 Å². The second kappa shape index (κ2) is 3.85. The van der Waals surface area contributed by atoms with Crippen LogP contribution in [0.1, 0.15) is 13.8 Å². The number of hydrogen-bond acceptors (Lipinski definition) is 2. The molecule has 0 rings (SSSR count). The molecule has 0 aromatic carbocycles. The zero-order valence-electron chi connectivity index (χ0n) is 5.59. The summed E-state index contributed by atoms with van der Waals surface area (Å²) in [4.78, 5) is 9.98. The molecule has 0 aliphatic carbocycles. The summed E-state index contributed by atoms with van der Waals surface area (Å²) in [5.41, 5.74) is 0.213. The van der Waals surface area contributed by atoms with E-state index in [-0.39, 0.29) is 11.5 Å². The van der Waals surface area contributed by atoms with E-state index < -0.39 is 0 Å². The molecule has 0 atom stereocenters. The Morgan fingerprint density at radius 1 is 1.67 bits per heavy atom. The topological polar surface area (TPSA) is 40.9 Å². The maximum absolute atomic E-state index is 9.98.